The van der Waals surface area contributed by atoms with E-state index >= 15 is 0 Å². The predicted octanol–water partition coefficient (Wildman–Crippen LogP) is 9.49. The molecule has 0 radical (unpaired) electrons. The van der Waals surface area contributed by atoms with Crippen LogP contribution in [0.4, 0.5) is 20.5 Å². The number of ether oxygens (including phenoxy) is 1. The Morgan fingerprint density at radius 2 is 1.19 bits per heavy atom. The summed E-state index contributed by atoms with van der Waals surface area (Å²) in [5, 5.41) is 7.36. The molecule has 1 aromatic carbocycles. The van der Waals surface area contributed by atoms with Crippen molar-refractivity contribution in [3.63, 3.8) is 0 Å². The van der Waals surface area contributed by atoms with Crippen LogP contribution in [-0.4, -0.2) is 100 Å². The van der Waals surface area contributed by atoms with Crippen molar-refractivity contribution in [2.45, 2.75) is 130 Å². The molecule has 12 rings (SSSR count). The number of carbonyl (C=O) groups excluding carboxylic acids is 1. The number of fused-ring (bicyclic) bond motifs is 10. The van der Waals surface area contributed by atoms with Gasteiger partial charge in [-0.3, -0.25) is 0 Å². The zero-order valence-corrected chi connectivity index (χ0v) is 46.9. The van der Waals surface area contributed by atoms with E-state index in [9.17, 15) is 14.0 Å². The van der Waals surface area contributed by atoms with E-state index in [1.54, 1.807) is 21.0 Å². The SMILES string of the molecule is CCOC(=O)c1c(N)[se]c2c1CCCC2.Cc1nc(Cl)c2c3c([se]c2n1)CCCC3.Cc1nc(Nc2ccc(F)c(Cl)c2)c2c3c([se]c2n1)CCCC3.Cc1nc2[se]c3c(c2c(=O)[nH]1)CCCC3. The van der Waals surface area contributed by atoms with Gasteiger partial charge in [0.2, 0.25) is 0 Å². The number of hydrogen-bond donors (Lipinski definition) is 3. The van der Waals surface area contributed by atoms with Gasteiger partial charge in [0, 0.05) is 0 Å². The average molecular weight is 1220 g/mol. The molecular formula is C50H53Cl2FN8O3Se4. The maximum absolute atomic E-state index is 13.4. The summed E-state index contributed by atoms with van der Waals surface area (Å²) in [6, 6.07) is 4.65. The molecule has 4 aliphatic rings. The molecule has 4 aliphatic carbocycles. The summed E-state index contributed by atoms with van der Waals surface area (Å²) in [5.74, 6) is 2.51. The summed E-state index contributed by atoms with van der Waals surface area (Å²) in [5.41, 5.74) is 12.9. The molecule has 18 heteroatoms. The van der Waals surface area contributed by atoms with Crippen molar-refractivity contribution in [2.75, 3.05) is 17.7 Å². The fourth-order valence-corrected chi connectivity index (χ4v) is 20.8. The monoisotopic (exact) mass is 1220 g/mol. The van der Waals surface area contributed by atoms with Crippen LogP contribution in [0, 0.1) is 26.6 Å². The van der Waals surface area contributed by atoms with Gasteiger partial charge in [0.25, 0.3) is 0 Å². The number of anilines is 3. The van der Waals surface area contributed by atoms with Crippen molar-refractivity contribution in [1.82, 2.24) is 29.9 Å². The van der Waals surface area contributed by atoms with Gasteiger partial charge in [-0.25, -0.2) is 0 Å². The van der Waals surface area contributed by atoms with Gasteiger partial charge in [-0.05, 0) is 0 Å². The Labute approximate surface area is 428 Å². The van der Waals surface area contributed by atoms with E-state index in [4.69, 9.17) is 33.7 Å². The Morgan fingerprint density at radius 1 is 0.691 bits per heavy atom. The van der Waals surface area contributed by atoms with E-state index in [1.807, 2.05) is 27.7 Å². The molecule has 356 valence electrons. The van der Waals surface area contributed by atoms with Gasteiger partial charge in [-0.1, -0.05) is 0 Å². The van der Waals surface area contributed by atoms with Crippen LogP contribution in [0.2, 0.25) is 10.2 Å². The van der Waals surface area contributed by atoms with Gasteiger partial charge in [0.15, 0.2) is 0 Å². The molecular weight excluding hydrogens is 1170 g/mol. The summed E-state index contributed by atoms with van der Waals surface area (Å²) in [6.07, 6.45) is 19.2. The second-order valence-electron chi connectivity index (χ2n) is 17.4. The van der Waals surface area contributed by atoms with E-state index < -0.39 is 5.82 Å². The molecule has 0 atom stereocenters. The van der Waals surface area contributed by atoms with Crippen LogP contribution in [0.5, 0.6) is 0 Å². The van der Waals surface area contributed by atoms with E-state index in [0.29, 0.717) is 60.8 Å². The fourth-order valence-electron chi connectivity index (χ4n) is 9.56. The number of nitrogens with one attached hydrogen (secondary N) is 2. The molecule has 11 nitrogen and oxygen atoms in total. The molecule has 0 unspecified atom stereocenters. The van der Waals surface area contributed by atoms with Crippen molar-refractivity contribution in [3.8, 4) is 0 Å². The van der Waals surface area contributed by atoms with Crippen molar-refractivity contribution >= 4 is 133 Å². The van der Waals surface area contributed by atoms with Gasteiger partial charge >= 0.3 is 432 Å². The Morgan fingerprint density at radius 3 is 1.78 bits per heavy atom. The number of hydrogen-bond acceptors (Lipinski definition) is 10. The maximum atomic E-state index is 13.4. The number of aromatic nitrogens is 6. The average Bonchev–Trinajstić information content (AvgIpc) is 4.07. The van der Waals surface area contributed by atoms with Gasteiger partial charge in [-0.15, -0.1) is 0 Å². The quantitative estimate of drug-likeness (QED) is 0.0880. The van der Waals surface area contributed by atoms with Gasteiger partial charge in [-0.2, -0.15) is 0 Å². The van der Waals surface area contributed by atoms with E-state index in [1.165, 1.54) is 134 Å². The third kappa shape index (κ3) is 10.8. The number of aromatic amines is 1. The first-order chi connectivity index (χ1) is 32.9. The summed E-state index contributed by atoms with van der Waals surface area (Å²) >= 11 is 13.4. The van der Waals surface area contributed by atoms with Crippen LogP contribution >= 0.6 is 23.2 Å². The Kier molecular flexibility index (Phi) is 16.0. The van der Waals surface area contributed by atoms with Crippen molar-refractivity contribution in [2.24, 2.45) is 0 Å². The van der Waals surface area contributed by atoms with Crippen LogP contribution in [0.3, 0.4) is 0 Å². The number of nitrogens with zero attached hydrogens (tertiary/aromatic N) is 5. The number of benzene rings is 1. The number of nitrogen functional groups attached to an aromatic ring is 1. The zero-order chi connectivity index (χ0) is 47.6. The molecule has 0 spiro atoms. The van der Waals surface area contributed by atoms with Gasteiger partial charge < -0.3 is 0 Å². The molecule has 8 aromatic rings. The summed E-state index contributed by atoms with van der Waals surface area (Å²) < 4.78 is 28.8. The number of H-pyrrole nitrogens is 1. The number of nitrogens with two attached hydrogens (primary N) is 1. The zero-order valence-electron chi connectivity index (χ0n) is 38.6. The van der Waals surface area contributed by atoms with E-state index in [0.717, 1.165) is 69.0 Å². The minimum absolute atomic E-state index is 0.0753. The molecule has 0 fully saturated rings. The van der Waals surface area contributed by atoms with E-state index in [2.05, 4.69) is 35.2 Å². The fraction of sp³-hybridized carbons (Fsp3) is 0.420. The van der Waals surface area contributed by atoms with Crippen LogP contribution in [-0.2, 0) is 56.1 Å². The normalized spacial score (nSPS) is 14.9. The third-order valence-corrected chi connectivity index (χ3v) is 23.0. The second kappa shape index (κ2) is 21.9. The molecule has 4 N–H and O–H groups in total. The number of esters is 1. The van der Waals surface area contributed by atoms with Crippen LogP contribution in [0.1, 0.15) is 126 Å². The van der Waals surface area contributed by atoms with Crippen LogP contribution in [0.25, 0.3) is 29.3 Å². The third-order valence-electron chi connectivity index (χ3n) is 12.6. The van der Waals surface area contributed by atoms with Crippen LogP contribution in [0.15, 0.2) is 23.0 Å². The Hall–Kier alpha value is -3.38. The Balaban J connectivity index is 0.000000116. The minimum atomic E-state index is -0.415. The van der Waals surface area contributed by atoms with Crippen LogP contribution < -0.4 is 16.6 Å². The molecule has 68 heavy (non-hydrogen) atoms. The summed E-state index contributed by atoms with van der Waals surface area (Å²) in [6.45, 7) is 7.93. The number of halogens is 3. The first-order valence-electron chi connectivity index (χ1n) is 23.4. The molecule has 0 aliphatic heterocycles. The van der Waals surface area contributed by atoms with Crippen molar-refractivity contribution in [1.29, 1.82) is 0 Å². The molecule has 0 amide bonds. The summed E-state index contributed by atoms with van der Waals surface area (Å²) in [4.78, 5) is 48.9. The second-order valence-corrected chi connectivity index (χ2v) is 27.4. The molecule has 0 bridgehead atoms. The molecule has 0 saturated heterocycles. The number of carbonyl (C=O) groups is 1. The van der Waals surface area contributed by atoms with Gasteiger partial charge in [0.1, 0.15) is 0 Å². The number of rotatable bonds is 4. The van der Waals surface area contributed by atoms with Gasteiger partial charge in [0.05, 0.1) is 0 Å². The predicted molar refractivity (Wildman–Crippen MR) is 276 cm³/mol. The van der Waals surface area contributed by atoms with E-state index in [-0.39, 0.29) is 31.1 Å². The standard InChI is InChI=1S/C17H15ClFN3Se.C11H11ClN2Se.C11H12N2OSe.C11H15NO2Se/c1-9-20-16(22-10-6-7-13(19)12(18)8-10)15-11-4-2-3-5-14(11)23-17(15)21-9;1-6-13-10(12)9-7-4-2-3-5-8(7)15-11(9)14-6;1-6-12-10(14)9-7-4-2-3-5-8(7)15-11(9)13-6;1-2-14-11(13)9-7-5-3-4-6-8(7)15-10(9)12/h6-8H,2-5H2,1H3,(H,20,21,22);2-5H2,1H3;2-5H2,1H3,(H,12,13,14);2-6,12H2,1H3. The first-order valence-corrected chi connectivity index (χ1v) is 31.0. The summed E-state index contributed by atoms with van der Waals surface area (Å²) in [7, 11) is 0. The van der Waals surface area contributed by atoms with Crippen molar-refractivity contribution < 1.29 is 13.9 Å². The molecule has 7 heterocycles. The Bertz CT molecular complexity index is 3250. The number of aryl methyl sites for hydroxylation is 10. The molecule has 0 saturated carbocycles. The molecule has 7 aromatic heterocycles. The topological polar surface area (TPSA) is 162 Å². The first kappa shape index (κ1) is 49.6. The van der Waals surface area contributed by atoms with Crippen molar-refractivity contribution in [3.05, 3.63) is 108 Å².